The summed E-state index contributed by atoms with van der Waals surface area (Å²) in [5.41, 5.74) is -0.145. The highest BCUT2D eigenvalue weighted by molar-refractivity contribution is 6.58. The summed E-state index contributed by atoms with van der Waals surface area (Å²) in [7, 11) is -1.79. The number of allylic oxidation sites excluding steroid dienone is 1. The summed E-state index contributed by atoms with van der Waals surface area (Å²) in [5, 5.41) is 17.7. The fourth-order valence-electron chi connectivity index (χ4n) is 1.56. The second-order valence-corrected chi connectivity index (χ2v) is 4.04. The number of halogens is 1. The van der Waals surface area contributed by atoms with Crippen molar-refractivity contribution in [3.63, 3.8) is 0 Å². The highest BCUT2D eigenvalue weighted by Gasteiger charge is 2.16. The largest absolute Gasteiger partial charge is 0.493 e. The number of hydrogen-bond acceptors (Lipinski definition) is 3. The Morgan fingerprint density at radius 1 is 1.28 bits per heavy atom. The quantitative estimate of drug-likeness (QED) is 0.420. The van der Waals surface area contributed by atoms with Crippen LogP contribution in [0.3, 0.4) is 0 Å². The van der Waals surface area contributed by atoms with E-state index < -0.39 is 12.9 Å². The summed E-state index contributed by atoms with van der Waals surface area (Å²) in [4.78, 5) is 0. The molecule has 0 unspecified atom stereocenters. The molecule has 0 heterocycles. The second kappa shape index (κ2) is 7.90. The first-order chi connectivity index (χ1) is 8.65. The van der Waals surface area contributed by atoms with E-state index in [0.717, 1.165) is 25.7 Å². The zero-order chi connectivity index (χ0) is 13.4. The number of unbranched alkanes of at least 4 members (excludes halogenated alkanes) is 3. The van der Waals surface area contributed by atoms with Crippen LogP contribution in [0.25, 0.3) is 0 Å². The molecule has 0 saturated heterocycles. The van der Waals surface area contributed by atoms with E-state index in [0.29, 0.717) is 12.4 Å². The van der Waals surface area contributed by atoms with Crippen molar-refractivity contribution in [2.75, 3.05) is 6.61 Å². The molecular weight excluding hydrogens is 234 g/mol. The molecule has 0 spiro atoms. The molecule has 2 N–H and O–H groups in total. The summed E-state index contributed by atoms with van der Waals surface area (Å²) in [5.74, 6) is -0.269. The van der Waals surface area contributed by atoms with Crippen LogP contribution in [0.4, 0.5) is 4.39 Å². The summed E-state index contributed by atoms with van der Waals surface area (Å²) >= 11 is 0. The van der Waals surface area contributed by atoms with Crippen LogP contribution in [-0.2, 0) is 0 Å². The van der Waals surface area contributed by atoms with Gasteiger partial charge < -0.3 is 14.8 Å². The Kier molecular flexibility index (Phi) is 6.46. The molecule has 1 aromatic carbocycles. The lowest BCUT2D eigenvalue weighted by Gasteiger charge is -2.08. The van der Waals surface area contributed by atoms with Gasteiger partial charge in [0.2, 0.25) is 0 Å². The van der Waals surface area contributed by atoms with Crippen LogP contribution in [0.5, 0.6) is 5.75 Å². The number of ether oxygens (including phenoxy) is 1. The molecule has 0 radical (unpaired) electrons. The minimum atomic E-state index is -1.79. The van der Waals surface area contributed by atoms with Gasteiger partial charge in [-0.15, -0.1) is 6.58 Å². The summed E-state index contributed by atoms with van der Waals surface area (Å²) < 4.78 is 18.7. The van der Waals surface area contributed by atoms with Gasteiger partial charge in [0.15, 0.2) is 0 Å². The fraction of sp³-hybridized carbons (Fsp3) is 0.385. The molecule has 0 aliphatic carbocycles. The molecular formula is C13H18BFO3. The average Bonchev–Trinajstić information content (AvgIpc) is 2.33. The lowest BCUT2D eigenvalue weighted by atomic mass is 9.80. The summed E-state index contributed by atoms with van der Waals surface area (Å²) in [6.07, 6.45) is 5.91. The fourth-order valence-corrected chi connectivity index (χ4v) is 1.56. The van der Waals surface area contributed by atoms with Gasteiger partial charge in [-0.2, -0.15) is 0 Å². The van der Waals surface area contributed by atoms with Crippen molar-refractivity contribution >= 4 is 12.6 Å². The molecule has 0 atom stereocenters. The van der Waals surface area contributed by atoms with Crippen LogP contribution >= 0.6 is 0 Å². The molecule has 1 rings (SSSR count). The number of hydrogen-bond donors (Lipinski definition) is 2. The van der Waals surface area contributed by atoms with Crippen LogP contribution in [0, 0.1) is 5.82 Å². The highest BCUT2D eigenvalue weighted by atomic mass is 19.1. The molecule has 0 aromatic heterocycles. The van der Waals surface area contributed by atoms with E-state index in [1.165, 1.54) is 18.2 Å². The second-order valence-electron chi connectivity index (χ2n) is 4.04. The number of rotatable bonds is 8. The Hall–Kier alpha value is -1.33. The van der Waals surface area contributed by atoms with Crippen molar-refractivity contribution in [3.05, 3.63) is 36.7 Å². The van der Waals surface area contributed by atoms with Gasteiger partial charge in [-0.1, -0.05) is 12.1 Å². The van der Waals surface area contributed by atoms with Gasteiger partial charge in [0.05, 0.1) is 6.61 Å². The maximum Gasteiger partial charge on any atom is 0.491 e. The van der Waals surface area contributed by atoms with Crippen LogP contribution in [0.1, 0.15) is 25.7 Å². The van der Waals surface area contributed by atoms with E-state index in [9.17, 15) is 4.39 Å². The van der Waals surface area contributed by atoms with E-state index >= 15 is 0 Å². The van der Waals surface area contributed by atoms with E-state index in [4.69, 9.17) is 14.8 Å². The molecule has 0 aliphatic heterocycles. The molecule has 0 fully saturated rings. The van der Waals surface area contributed by atoms with E-state index in [1.807, 2.05) is 6.08 Å². The maximum absolute atomic E-state index is 13.4. The Morgan fingerprint density at radius 3 is 2.67 bits per heavy atom. The summed E-state index contributed by atoms with van der Waals surface area (Å²) in [6.45, 7) is 4.17. The highest BCUT2D eigenvalue weighted by Crippen LogP contribution is 2.12. The Balaban J connectivity index is 2.35. The number of benzene rings is 1. The van der Waals surface area contributed by atoms with Crippen LogP contribution in [0.15, 0.2) is 30.9 Å². The van der Waals surface area contributed by atoms with Gasteiger partial charge in [0.1, 0.15) is 11.6 Å². The van der Waals surface area contributed by atoms with Gasteiger partial charge in [-0.3, -0.25) is 0 Å². The Bertz CT molecular complexity index is 382. The molecule has 18 heavy (non-hydrogen) atoms. The van der Waals surface area contributed by atoms with Crippen molar-refractivity contribution in [1.82, 2.24) is 0 Å². The third-order valence-electron chi connectivity index (χ3n) is 2.57. The predicted octanol–water partition coefficient (Wildman–Crippen LogP) is 1.63. The van der Waals surface area contributed by atoms with Crippen LogP contribution in [0.2, 0.25) is 0 Å². The lowest BCUT2D eigenvalue weighted by molar-refractivity contribution is 0.304. The first-order valence-electron chi connectivity index (χ1n) is 6.04. The smallest absolute Gasteiger partial charge is 0.491 e. The van der Waals surface area contributed by atoms with Crippen molar-refractivity contribution < 1.29 is 19.2 Å². The van der Waals surface area contributed by atoms with Gasteiger partial charge in [-0.05, 0) is 31.7 Å². The van der Waals surface area contributed by atoms with Gasteiger partial charge in [0.25, 0.3) is 0 Å². The monoisotopic (exact) mass is 252 g/mol. The minimum absolute atomic E-state index is 0.145. The molecule has 98 valence electrons. The standard InChI is InChI=1S/C13H18BFO3/c1-2-3-4-5-6-9-18-11-7-8-12(14(16)17)13(15)10-11/h2,7-8,10,16-17H,1,3-6,9H2. The molecule has 3 nitrogen and oxygen atoms in total. The SMILES string of the molecule is C=CCCCCCOc1ccc(B(O)O)c(F)c1. The van der Waals surface area contributed by atoms with Gasteiger partial charge >= 0.3 is 7.12 Å². The van der Waals surface area contributed by atoms with Crippen molar-refractivity contribution in [2.24, 2.45) is 0 Å². The van der Waals surface area contributed by atoms with Gasteiger partial charge in [-0.25, -0.2) is 4.39 Å². The molecule has 0 saturated carbocycles. The van der Waals surface area contributed by atoms with E-state index in [-0.39, 0.29) is 5.46 Å². The third kappa shape index (κ3) is 4.90. The minimum Gasteiger partial charge on any atom is -0.493 e. The van der Waals surface area contributed by atoms with Crippen molar-refractivity contribution in [2.45, 2.75) is 25.7 Å². The van der Waals surface area contributed by atoms with E-state index in [2.05, 4.69) is 6.58 Å². The molecule has 0 bridgehead atoms. The molecule has 1 aromatic rings. The Labute approximate surface area is 107 Å². The topological polar surface area (TPSA) is 49.7 Å². The first-order valence-corrected chi connectivity index (χ1v) is 6.04. The zero-order valence-corrected chi connectivity index (χ0v) is 10.3. The average molecular weight is 252 g/mol. The maximum atomic E-state index is 13.4. The predicted molar refractivity (Wildman–Crippen MR) is 70.4 cm³/mol. The van der Waals surface area contributed by atoms with E-state index in [1.54, 1.807) is 0 Å². The summed E-state index contributed by atoms with van der Waals surface area (Å²) in [6, 6.07) is 4.01. The van der Waals surface area contributed by atoms with Gasteiger partial charge in [0, 0.05) is 11.5 Å². The van der Waals surface area contributed by atoms with Crippen molar-refractivity contribution in [3.8, 4) is 5.75 Å². The molecule has 0 amide bonds. The van der Waals surface area contributed by atoms with Crippen molar-refractivity contribution in [1.29, 1.82) is 0 Å². The molecule has 5 heteroatoms. The van der Waals surface area contributed by atoms with Crippen LogP contribution in [-0.4, -0.2) is 23.8 Å². The zero-order valence-electron chi connectivity index (χ0n) is 10.3. The third-order valence-corrected chi connectivity index (χ3v) is 2.57. The lowest BCUT2D eigenvalue weighted by Crippen LogP contribution is -2.32. The first kappa shape index (κ1) is 14.7. The van der Waals surface area contributed by atoms with Crippen LogP contribution < -0.4 is 10.2 Å². The normalized spacial score (nSPS) is 10.2. The molecule has 0 aliphatic rings. The Morgan fingerprint density at radius 2 is 2.06 bits per heavy atom.